The van der Waals surface area contributed by atoms with E-state index in [1.807, 2.05) is 12.1 Å². The first kappa shape index (κ1) is 9.79. The highest BCUT2D eigenvalue weighted by Crippen LogP contribution is 2.34. The van der Waals surface area contributed by atoms with E-state index in [1.165, 1.54) is 21.6 Å². The van der Waals surface area contributed by atoms with Gasteiger partial charge in [-0.25, -0.2) is 0 Å². The van der Waals surface area contributed by atoms with Gasteiger partial charge in [-0.15, -0.1) is 11.3 Å². The molecule has 0 N–H and O–H groups in total. The third-order valence-corrected chi connectivity index (χ3v) is 3.98. The fourth-order valence-electron chi connectivity index (χ4n) is 2.35. The first-order valence-corrected chi connectivity index (χ1v) is 6.34. The molecule has 80 valence electrons. The van der Waals surface area contributed by atoms with Gasteiger partial charge in [0, 0.05) is 16.9 Å². The molecule has 1 aliphatic rings. The average Bonchev–Trinajstić information content (AvgIpc) is 2.86. The number of ketones is 1. The van der Waals surface area contributed by atoms with Crippen LogP contribution >= 0.6 is 11.3 Å². The van der Waals surface area contributed by atoms with Crippen LogP contribution in [0.15, 0.2) is 29.6 Å². The van der Waals surface area contributed by atoms with Gasteiger partial charge in [0.25, 0.3) is 0 Å². The molecule has 2 heteroatoms. The largest absolute Gasteiger partial charge is 0.294 e. The molecule has 0 spiro atoms. The van der Waals surface area contributed by atoms with E-state index in [4.69, 9.17) is 0 Å². The number of carbonyl (C=O) groups excluding carboxylic acids is 1. The summed E-state index contributed by atoms with van der Waals surface area (Å²) in [6, 6.07) is 8.26. The maximum Gasteiger partial charge on any atom is 0.163 e. The van der Waals surface area contributed by atoms with Gasteiger partial charge in [0.05, 0.1) is 0 Å². The molecule has 16 heavy (non-hydrogen) atoms. The van der Waals surface area contributed by atoms with Crippen molar-refractivity contribution >= 4 is 17.1 Å². The zero-order valence-corrected chi connectivity index (χ0v) is 9.93. The molecule has 1 aromatic carbocycles. The molecule has 0 unspecified atom stereocenters. The van der Waals surface area contributed by atoms with Crippen LogP contribution in [0.2, 0.25) is 0 Å². The summed E-state index contributed by atoms with van der Waals surface area (Å²) >= 11 is 1.76. The second kappa shape index (κ2) is 3.56. The van der Waals surface area contributed by atoms with Crippen LogP contribution in [0, 0.1) is 6.92 Å². The van der Waals surface area contributed by atoms with Gasteiger partial charge in [-0.1, -0.05) is 18.2 Å². The Kier molecular flexibility index (Phi) is 2.18. The van der Waals surface area contributed by atoms with Crippen molar-refractivity contribution in [3.8, 4) is 11.1 Å². The molecule has 0 bridgehead atoms. The Labute approximate surface area is 98.7 Å². The number of hydrogen-bond donors (Lipinski definition) is 0. The fraction of sp³-hybridized carbons (Fsp3) is 0.214. The Morgan fingerprint density at radius 1 is 1.19 bits per heavy atom. The van der Waals surface area contributed by atoms with Crippen LogP contribution in [0.25, 0.3) is 11.1 Å². The molecule has 1 aromatic heterocycles. The zero-order valence-electron chi connectivity index (χ0n) is 9.12. The van der Waals surface area contributed by atoms with Gasteiger partial charge in [0.1, 0.15) is 0 Å². The molecule has 0 aliphatic heterocycles. The lowest BCUT2D eigenvalue weighted by molar-refractivity contribution is 0.0994. The average molecular weight is 228 g/mol. The number of carbonyl (C=O) groups is 1. The number of Topliss-reactive ketones (excluding diaryl/α,β-unsaturated/α-hetero) is 1. The van der Waals surface area contributed by atoms with E-state index in [0.29, 0.717) is 12.2 Å². The van der Waals surface area contributed by atoms with Gasteiger partial charge in [0.2, 0.25) is 0 Å². The van der Waals surface area contributed by atoms with E-state index in [0.717, 1.165) is 12.0 Å². The molecule has 0 amide bonds. The smallest absolute Gasteiger partial charge is 0.163 e. The minimum Gasteiger partial charge on any atom is -0.294 e. The third kappa shape index (κ3) is 1.41. The highest BCUT2D eigenvalue weighted by molar-refractivity contribution is 7.10. The van der Waals surface area contributed by atoms with Crippen LogP contribution < -0.4 is 0 Å². The normalized spacial score (nSPS) is 14.2. The van der Waals surface area contributed by atoms with Gasteiger partial charge >= 0.3 is 0 Å². The number of aryl methyl sites for hydroxylation is 1. The molecular weight excluding hydrogens is 216 g/mol. The molecule has 0 radical (unpaired) electrons. The van der Waals surface area contributed by atoms with Crippen molar-refractivity contribution in [2.75, 3.05) is 0 Å². The van der Waals surface area contributed by atoms with Crippen molar-refractivity contribution < 1.29 is 4.79 Å². The standard InChI is InChI=1S/C14H12OS/c1-9-7-10(8-16-9)11-3-2-4-13-12(11)5-6-14(13)15/h2-4,7-8H,5-6H2,1H3. The summed E-state index contributed by atoms with van der Waals surface area (Å²) in [7, 11) is 0. The minimum atomic E-state index is 0.295. The molecule has 2 aromatic rings. The van der Waals surface area contributed by atoms with Crippen molar-refractivity contribution in [3.05, 3.63) is 45.6 Å². The van der Waals surface area contributed by atoms with Gasteiger partial charge in [0.15, 0.2) is 5.78 Å². The highest BCUT2D eigenvalue weighted by atomic mass is 32.1. The van der Waals surface area contributed by atoms with Gasteiger partial charge in [-0.05, 0) is 41.5 Å². The monoisotopic (exact) mass is 228 g/mol. The quantitative estimate of drug-likeness (QED) is 0.724. The Morgan fingerprint density at radius 3 is 2.75 bits per heavy atom. The fourth-order valence-corrected chi connectivity index (χ4v) is 3.05. The summed E-state index contributed by atoms with van der Waals surface area (Å²) in [5.41, 5.74) is 4.67. The summed E-state index contributed by atoms with van der Waals surface area (Å²) in [6.45, 7) is 2.11. The lowest BCUT2D eigenvalue weighted by atomic mass is 9.99. The third-order valence-electron chi connectivity index (χ3n) is 3.12. The predicted octanol–water partition coefficient (Wildman–Crippen LogP) is 3.85. The van der Waals surface area contributed by atoms with E-state index in [2.05, 4.69) is 24.4 Å². The molecule has 3 rings (SSSR count). The number of rotatable bonds is 1. The molecule has 0 saturated heterocycles. The van der Waals surface area contributed by atoms with Crippen molar-refractivity contribution in [1.29, 1.82) is 0 Å². The Balaban J connectivity index is 2.19. The van der Waals surface area contributed by atoms with Crippen molar-refractivity contribution in [3.63, 3.8) is 0 Å². The second-order valence-electron chi connectivity index (χ2n) is 4.20. The van der Waals surface area contributed by atoms with Crippen molar-refractivity contribution in [2.24, 2.45) is 0 Å². The van der Waals surface area contributed by atoms with Gasteiger partial charge in [-0.2, -0.15) is 0 Å². The van der Waals surface area contributed by atoms with Gasteiger partial charge < -0.3 is 0 Å². The van der Waals surface area contributed by atoms with Crippen LogP contribution in [0.1, 0.15) is 27.2 Å². The molecule has 1 aliphatic carbocycles. The summed E-state index contributed by atoms with van der Waals surface area (Å²) in [4.78, 5) is 13.0. The van der Waals surface area contributed by atoms with E-state index < -0.39 is 0 Å². The Hall–Kier alpha value is -1.41. The van der Waals surface area contributed by atoms with E-state index in [9.17, 15) is 4.79 Å². The topological polar surface area (TPSA) is 17.1 Å². The van der Waals surface area contributed by atoms with Crippen LogP contribution in [-0.2, 0) is 6.42 Å². The van der Waals surface area contributed by atoms with E-state index >= 15 is 0 Å². The molecule has 0 fully saturated rings. The molecule has 1 nitrogen and oxygen atoms in total. The SMILES string of the molecule is Cc1cc(-c2cccc3c2CCC3=O)cs1. The lowest BCUT2D eigenvalue weighted by Crippen LogP contribution is -1.91. The zero-order chi connectivity index (χ0) is 11.1. The lowest BCUT2D eigenvalue weighted by Gasteiger charge is -2.05. The Bertz CT molecular complexity index is 566. The minimum absolute atomic E-state index is 0.295. The summed E-state index contributed by atoms with van der Waals surface area (Å²) in [5, 5.41) is 2.17. The van der Waals surface area contributed by atoms with Crippen molar-refractivity contribution in [2.45, 2.75) is 19.8 Å². The summed E-state index contributed by atoms with van der Waals surface area (Å²) < 4.78 is 0. The number of hydrogen-bond acceptors (Lipinski definition) is 2. The maximum atomic E-state index is 11.7. The van der Waals surface area contributed by atoms with Gasteiger partial charge in [-0.3, -0.25) is 4.79 Å². The number of fused-ring (bicyclic) bond motifs is 1. The van der Waals surface area contributed by atoms with E-state index in [1.54, 1.807) is 11.3 Å². The Morgan fingerprint density at radius 2 is 2.00 bits per heavy atom. The second-order valence-corrected chi connectivity index (χ2v) is 5.32. The van der Waals surface area contributed by atoms with Crippen molar-refractivity contribution in [1.82, 2.24) is 0 Å². The maximum absolute atomic E-state index is 11.7. The molecule has 0 saturated carbocycles. The molecule has 0 atom stereocenters. The molecular formula is C14H12OS. The summed E-state index contributed by atoms with van der Waals surface area (Å²) in [5.74, 6) is 0.295. The number of thiophene rings is 1. The first-order chi connectivity index (χ1) is 7.75. The van der Waals surface area contributed by atoms with Crippen LogP contribution in [0.5, 0.6) is 0 Å². The van der Waals surface area contributed by atoms with Crippen LogP contribution in [-0.4, -0.2) is 5.78 Å². The summed E-state index contributed by atoms with van der Waals surface area (Å²) in [6.07, 6.45) is 1.58. The van der Waals surface area contributed by atoms with E-state index in [-0.39, 0.29) is 0 Å². The first-order valence-electron chi connectivity index (χ1n) is 5.46. The highest BCUT2D eigenvalue weighted by Gasteiger charge is 2.22. The van der Waals surface area contributed by atoms with Crippen LogP contribution in [0.4, 0.5) is 0 Å². The number of benzene rings is 1. The van der Waals surface area contributed by atoms with Crippen LogP contribution in [0.3, 0.4) is 0 Å². The predicted molar refractivity (Wildman–Crippen MR) is 67.1 cm³/mol. The molecule has 1 heterocycles.